The average Bonchev–Trinajstić information content (AvgIpc) is 2.76. The lowest BCUT2D eigenvalue weighted by Crippen LogP contribution is -2.44. The fourth-order valence-electron chi connectivity index (χ4n) is 4.17. The summed E-state index contributed by atoms with van der Waals surface area (Å²) in [6.45, 7) is 5.28. The van der Waals surface area contributed by atoms with Gasteiger partial charge in [-0.1, -0.05) is 19.3 Å². The van der Waals surface area contributed by atoms with Gasteiger partial charge >= 0.3 is 0 Å². The van der Waals surface area contributed by atoms with Gasteiger partial charge in [0.1, 0.15) is 0 Å². The molecule has 1 saturated heterocycles. The highest BCUT2D eigenvalue weighted by Gasteiger charge is 2.15. The van der Waals surface area contributed by atoms with Crippen LogP contribution in [0.5, 0.6) is 0 Å². The Bertz CT molecular complexity index is 778. The van der Waals surface area contributed by atoms with Crippen molar-refractivity contribution in [2.24, 2.45) is 5.92 Å². The van der Waals surface area contributed by atoms with E-state index in [1.54, 1.807) is 6.20 Å². The van der Waals surface area contributed by atoms with Crippen LogP contribution in [0.1, 0.15) is 32.1 Å². The zero-order valence-corrected chi connectivity index (χ0v) is 17.4. The van der Waals surface area contributed by atoms with Gasteiger partial charge < -0.3 is 26.2 Å². The van der Waals surface area contributed by atoms with E-state index < -0.39 is 0 Å². The Morgan fingerprint density at radius 1 is 1.03 bits per heavy atom. The maximum atomic E-state index is 6.09. The van der Waals surface area contributed by atoms with Gasteiger partial charge in [-0.25, -0.2) is 4.98 Å². The molecule has 2 aliphatic rings. The van der Waals surface area contributed by atoms with Crippen LogP contribution < -0.4 is 21.3 Å². The first-order chi connectivity index (χ1) is 14.2. The standard InChI is InChI=1S/C22H33N7/c1-28-11-13-29(14-12-28)19-9-7-18(8-10-19)26-22-25-16-20(23)21(27-22)24-15-17-5-3-2-4-6-17/h7-10,16-17H,2-6,11-15,23H2,1H3,(H2,24,25,26,27). The van der Waals surface area contributed by atoms with Crippen LogP contribution in [-0.4, -0.2) is 54.6 Å². The molecule has 2 heterocycles. The maximum absolute atomic E-state index is 6.09. The molecule has 0 spiro atoms. The number of nitrogens with zero attached hydrogens (tertiary/aromatic N) is 4. The fraction of sp³-hybridized carbons (Fsp3) is 0.545. The molecule has 156 valence electrons. The van der Waals surface area contributed by atoms with Gasteiger partial charge in [0.2, 0.25) is 5.95 Å². The second-order valence-electron chi connectivity index (χ2n) is 8.34. The van der Waals surface area contributed by atoms with E-state index in [0.29, 0.717) is 11.6 Å². The van der Waals surface area contributed by atoms with E-state index in [1.807, 2.05) is 0 Å². The zero-order chi connectivity index (χ0) is 20.1. The lowest BCUT2D eigenvalue weighted by molar-refractivity contribution is 0.313. The first-order valence-electron chi connectivity index (χ1n) is 10.8. The third-order valence-corrected chi connectivity index (χ3v) is 6.09. The van der Waals surface area contributed by atoms with Crippen molar-refractivity contribution in [3.8, 4) is 0 Å². The minimum atomic E-state index is 0.567. The highest BCUT2D eigenvalue weighted by molar-refractivity contribution is 5.65. The number of nitrogens with two attached hydrogens (primary N) is 1. The number of nitrogen functional groups attached to an aromatic ring is 1. The van der Waals surface area contributed by atoms with Crippen molar-refractivity contribution in [1.29, 1.82) is 0 Å². The van der Waals surface area contributed by atoms with E-state index in [2.05, 4.69) is 61.7 Å². The summed E-state index contributed by atoms with van der Waals surface area (Å²) in [4.78, 5) is 13.7. The largest absolute Gasteiger partial charge is 0.394 e. The Labute approximate surface area is 173 Å². The molecule has 0 bridgehead atoms. The maximum Gasteiger partial charge on any atom is 0.229 e. The minimum absolute atomic E-state index is 0.567. The second-order valence-corrected chi connectivity index (χ2v) is 8.34. The molecule has 1 aliphatic carbocycles. The average molecular weight is 396 g/mol. The third-order valence-electron chi connectivity index (χ3n) is 6.09. The first-order valence-corrected chi connectivity index (χ1v) is 10.8. The lowest BCUT2D eigenvalue weighted by atomic mass is 9.89. The predicted octanol–water partition coefficient (Wildman–Crippen LogP) is 3.55. The molecule has 4 N–H and O–H groups in total. The molecule has 2 aromatic rings. The Hall–Kier alpha value is -2.54. The van der Waals surface area contributed by atoms with E-state index in [0.717, 1.165) is 50.1 Å². The molecule has 7 heteroatoms. The summed E-state index contributed by atoms with van der Waals surface area (Å²) in [5.74, 6) is 2.01. The Morgan fingerprint density at radius 2 is 1.76 bits per heavy atom. The number of aromatic nitrogens is 2. The second kappa shape index (κ2) is 9.31. The molecule has 0 atom stereocenters. The van der Waals surface area contributed by atoms with Gasteiger partial charge in [-0.15, -0.1) is 0 Å². The van der Waals surface area contributed by atoms with Crippen molar-refractivity contribution in [3.05, 3.63) is 30.5 Å². The van der Waals surface area contributed by atoms with Crippen molar-refractivity contribution in [3.63, 3.8) is 0 Å². The molecule has 1 saturated carbocycles. The monoisotopic (exact) mass is 395 g/mol. The van der Waals surface area contributed by atoms with Crippen molar-refractivity contribution >= 4 is 28.8 Å². The van der Waals surface area contributed by atoms with Crippen LogP contribution in [0.2, 0.25) is 0 Å². The van der Waals surface area contributed by atoms with E-state index in [9.17, 15) is 0 Å². The number of hydrogen-bond donors (Lipinski definition) is 3. The Balaban J connectivity index is 1.36. The van der Waals surface area contributed by atoms with Gasteiger partial charge in [-0.2, -0.15) is 4.98 Å². The van der Waals surface area contributed by atoms with Crippen LogP contribution in [0, 0.1) is 5.92 Å². The van der Waals surface area contributed by atoms with Crippen LogP contribution in [0.3, 0.4) is 0 Å². The molecule has 1 aromatic heterocycles. The predicted molar refractivity (Wildman–Crippen MR) is 121 cm³/mol. The molecule has 1 aromatic carbocycles. The van der Waals surface area contributed by atoms with E-state index in [4.69, 9.17) is 5.73 Å². The van der Waals surface area contributed by atoms with E-state index >= 15 is 0 Å². The normalized spacial score (nSPS) is 18.6. The van der Waals surface area contributed by atoms with Crippen molar-refractivity contribution in [1.82, 2.24) is 14.9 Å². The molecule has 1 aliphatic heterocycles. The van der Waals surface area contributed by atoms with E-state index in [-0.39, 0.29) is 0 Å². The van der Waals surface area contributed by atoms with Crippen LogP contribution in [0.4, 0.5) is 28.8 Å². The molecule has 0 unspecified atom stereocenters. The lowest BCUT2D eigenvalue weighted by Gasteiger charge is -2.34. The number of piperazine rings is 1. The summed E-state index contributed by atoms with van der Waals surface area (Å²) in [6, 6.07) is 8.49. The Kier molecular flexibility index (Phi) is 6.34. The topological polar surface area (TPSA) is 82.3 Å². The van der Waals surface area contributed by atoms with Crippen molar-refractivity contribution < 1.29 is 0 Å². The van der Waals surface area contributed by atoms with Gasteiger partial charge in [-0.05, 0) is 50.1 Å². The smallest absolute Gasteiger partial charge is 0.229 e. The highest BCUT2D eigenvalue weighted by atomic mass is 15.2. The summed E-state index contributed by atoms with van der Waals surface area (Å²) in [5.41, 5.74) is 8.92. The Morgan fingerprint density at radius 3 is 2.48 bits per heavy atom. The quantitative estimate of drug-likeness (QED) is 0.690. The van der Waals surface area contributed by atoms with Gasteiger partial charge in [0.15, 0.2) is 5.82 Å². The molecule has 4 rings (SSSR count). The van der Waals surface area contributed by atoms with Gasteiger partial charge in [0.05, 0.1) is 11.9 Å². The van der Waals surface area contributed by atoms with E-state index in [1.165, 1.54) is 37.8 Å². The summed E-state index contributed by atoms with van der Waals surface area (Å²) in [7, 11) is 2.18. The molecule has 2 fully saturated rings. The summed E-state index contributed by atoms with van der Waals surface area (Å²) >= 11 is 0. The summed E-state index contributed by atoms with van der Waals surface area (Å²) < 4.78 is 0. The minimum Gasteiger partial charge on any atom is -0.394 e. The van der Waals surface area contributed by atoms with Crippen molar-refractivity contribution in [2.45, 2.75) is 32.1 Å². The molecular formula is C22H33N7. The number of benzene rings is 1. The molecule has 0 amide bonds. The van der Waals surface area contributed by atoms with Crippen LogP contribution in [0.25, 0.3) is 0 Å². The SMILES string of the molecule is CN1CCN(c2ccc(Nc3ncc(N)c(NCC4CCCCC4)n3)cc2)CC1. The summed E-state index contributed by atoms with van der Waals surface area (Å²) in [6.07, 6.45) is 8.31. The van der Waals surface area contributed by atoms with Crippen LogP contribution in [-0.2, 0) is 0 Å². The highest BCUT2D eigenvalue weighted by Crippen LogP contribution is 2.26. The third kappa shape index (κ3) is 5.29. The zero-order valence-electron chi connectivity index (χ0n) is 17.4. The number of likely N-dealkylation sites (N-methyl/N-ethyl adjacent to an activating group) is 1. The first kappa shape index (κ1) is 19.8. The number of nitrogens with one attached hydrogen (secondary N) is 2. The molecule has 7 nitrogen and oxygen atoms in total. The van der Waals surface area contributed by atoms with Crippen molar-refractivity contribution in [2.75, 3.05) is 61.0 Å². The van der Waals surface area contributed by atoms with Gasteiger partial charge in [0.25, 0.3) is 0 Å². The molecular weight excluding hydrogens is 362 g/mol. The fourth-order valence-corrected chi connectivity index (χ4v) is 4.17. The number of rotatable bonds is 6. The summed E-state index contributed by atoms with van der Waals surface area (Å²) in [5, 5.41) is 6.74. The van der Waals surface area contributed by atoms with Gasteiger partial charge in [-0.3, -0.25) is 0 Å². The number of anilines is 5. The number of hydrogen-bond acceptors (Lipinski definition) is 7. The van der Waals surface area contributed by atoms with Gasteiger partial charge in [0, 0.05) is 44.1 Å². The molecule has 0 radical (unpaired) electrons. The van der Waals surface area contributed by atoms with Crippen LogP contribution >= 0.6 is 0 Å². The molecule has 29 heavy (non-hydrogen) atoms. The van der Waals surface area contributed by atoms with Crippen LogP contribution in [0.15, 0.2) is 30.5 Å².